The number of rotatable bonds is 29. The van der Waals surface area contributed by atoms with Crippen LogP contribution in [0.15, 0.2) is 42.7 Å². The largest absolute Gasteiger partial charge is 1.00 e. The number of aryl methyl sites for hydroxylation is 1. The number of carbonyl (C=O) groups is 2. The van der Waals surface area contributed by atoms with Gasteiger partial charge in [-0.1, -0.05) is 129 Å². The van der Waals surface area contributed by atoms with Gasteiger partial charge >= 0.3 is 12.2 Å². The Balaban J connectivity index is 0.0000185. The molecule has 0 radical (unpaired) electrons. The van der Waals surface area contributed by atoms with Crippen molar-refractivity contribution in [3.63, 3.8) is 0 Å². The summed E-state index contributed by atoms with van der Waals surface area (Å²) in [6, 6.07) is 6.13. The van der Waals surface area contributed by atoms with Crippen molar-refractivity contribution in [3.8, 4) is 0 Å². The minimum atomic E-state index is -0.463. The lowest BCUT2D eigenvalue weighted by molar-refractivity contribution is -0.697. The van der Waals surface area contributed by atoms with E-state index < -0.39 is 12.2 Å². The molecule has 0 aliphatic heterocycles. The van der Waals surface area contributed by atoms with Crippen LogP contribution in [0.4, 0.5) is 9.59 Å². The van der Waals surface area contributed by atoms with Crippen LogP contribution in [0.3, 0.4) is 0 Å². The van der Waals surface area contributed by atoms with Crippen molar-refractivity contribution in [1.82, 2.24) is 10.6 Å². The van der Waals surface area contributed by atoms with E-state index in [-0.39, 0.29) is 30.2 Å². The number of hydrogen-bond acceptors (Lipinski definition) is 4. The molecular formula is C36H64BrN3O4. The summed E-state index contributed by atoms with van der Waals surface area (Å²) in [5, 5.41) is 5.56. The number of nitrogens with one attached hydrogen (secondary N) is 2. The fourth-order valence-electron chi connectivity index (χ4n) is 5.07. The van der Waals surface area contributed by atoms with Gasteiger partial charge in [-0.15, -0.1) is 0 Å². The van der Waals surface area contributed by atoms with Gasteiger partial charge < -0.3 is 37.1 Å². The summed E-state index contributed by atoms with van der Waals surface area (Å²) in [6.07, 6.45) is 30.0. The number of ether oxygens (including phenoxy) is 2. The quantitative estimate of drug-likeness (QED) is 0.0600. The number of alkyl carbamates (subject to hydrolysis) is 2. The number of nitrogens with zero attached hydrogens (tertiary/aromatic N) is 1. The summed E-state index contributed by atoms with van der Waals surface area (Å²) in [7, 11) is 0. The van der Waals surface area contributed by atoms with Crippen molar-refractivity contribution < 1.29 is 40.6 Å². The van der Waals surface area contributed by atoms with E-state index in [9.17, 15) is 9.59 Å². The normalized spacial score (nSPS) is 10.6. The zero-order valence-corrected chi connectivity index (χ0v) is 29.5. The lowest BCUT2D eigenvalue weighted by Gasteiger charge is -2.10. The van der Waals surface area contributed by atoms with Crippen LogP contribution in [0, 0.1) is 0 Å². The molecule has 1 aromatic heterocycles. The maximum Gasteiger partial charge on any atom is 0.407 e. The number of halogens is 1. The molecule has 0 saturated carbocycles. The number of carbonyl (C=O) groups excluding carboxylic acids is 2. The van der Waals surface area contributed by atoms with E-state index in [4.69, 9.17) is 9.47 Å². The predicted octanol–water partition coefficient (Wildman–Crippen LogP) is 6.20. The van der Waals surface area contributed by atoms with Crippen molar-refractivity contribution in [2.75, 3.05) is 26.3 Å². The second kappa shape index (κ2) is 32.3. The summed E-state index contributed by atoms with van der Waals surface area (Å²) >= 11 is 0. The van der Waals surface area contributed by atoms with Crippen molar-refractivity contribution in [1.29, 1.82) is 0 Å². The summed E-state index contributed by atoms with van der Waals surface area (Å²) in [5.41, 5.74) is 0.545. The van der Waals surface area contributed by atoms with Crippen LogP contribution in [0.25, 0.3) is 0 Å². The summed E-state index contributed by atoms with van der Waals surface area (Å²) in [4.78, 5) is 23.8. The van der Waals surface area contributed by atoms with Gasteiger partial charge in [-0.2, -0.15) is 0 Å². The first kappa shape index (κ1) is 41.9. The minimum Gasteiger partial charge on any atom is -1.00 e. The number of unbranched alkanes of at least 4 members (excludes halogenated alkanes) is 19. The van der Waals surface area contributed by atoms with Crippen LogP contribution < -0.4 is 32.2 Å². The number of pyridine rings is 1. The number of amides is 2. The molecule has 8 heteroatoms. The van der Waals surface area contributed by atoms with Crippen LogP contribution in [0.2, 0.25) is 0 Å². The fraction of sp³-hybridized carbons (Fsp3) is 0.750. The zero-order chi connectivity index (χ0) is 31.1. The summed E-state index contributed by atoms with van der Waals surface area (Å²) in [6.45, 7) is 8.44. The van der Waals surface area contributed by atoms with Crippen LogP contribution in [-0.4, -0.2) is 38.5 Å². The van der Waals surface area contributed by atoms with Gasteiger partial charge in [0.25, 0.3) is 0 Å². The summed E-state index contributed by atoms with van der Waals surface area (Å²) < 4.78 is 12.5. The molecular weight excluding hydrogens is 618 g/mol. The van der Waals surface area contributed by atoms with Gasteiger partial charge in [0.05, 0.1) is 0 Å². The van der Waals surface area contributed by atoms with E-state index >= 15 is 0 Å². The van der Waals surface area contributed by atoms with Gasteiger partial charge in [0.15, 0.2) is 12.4 Å². The van der Waals surface area contributed by atoms with Gasteiger partial charge in [-0.3, -0.25) is 0 Å². The standard InChI is InChI=1S/C36H63N3O4.BrH/c1-3-4-5-6-7-8-9-10-11-12-13-14-15-16-18-22-27-37-35(40)42-32-34(2)33-43-36(41)38-28-23-19-17-20-24-29-39-30-25-21-26-31-39;/h21,25-26,30-31H,2-20,22-24,27-29,32-33H2,1H3,(H-,37,38,40,41);1H. The average Bonchev–Trinajstić information content (AvgIpc) is 3.02. The minimum absolute atomic E-state index is 0. The lowest BCUT2D eigenvalue weighted by atomic mass is 10.0. The van der Waals surface area contributed by atoms with E-state index in [1.54, 1.807) is 0 Å². The first-order valence-corrected chi connectivity index (χ1v) is 17.5. The van der Waals surface area contributed by atoms with Crippen LogP contribution in [0.1, 0.15) is 142 Å². The van der Waals surface area contributed by atoms with Crippen molar-refractivity contribution >= 4 is 12.2 Å². The van der Waals surface area contributed by atoms with E-state index in [1.165, 1.54) is 96.3 Å². The van der Waals surface area contributed by atoms with E-state index in [0.29, 0.717) is 18.7 Å². The molecule has 0 aliphatic rings. The molecule has 2 amide bonds. The fourth-order valence-corrected chi connectivity index (χ4v) is 5.07. The Kier molecular flexibility index (Phi) is 30.8. The third-order valence-electron chi connectivity index (χ3n) is 7.75. The Bertz CT molecular complexity index is 810. The van der Waals surface area contributed by atoms with Crippen LogP contribution in [0.5, 0.6) is 0 Å². The molecule has 0 aromatic carbocycles. The molecule has 254 valence electrons. The van der Waals surface area contributed by atoms with Crippen molar-refractivity contribution in [3.05, 3.63) is 42.7 Å². The Morgan fingerprint density at radius 2 is 0.932 bits per heavy atom. The number of hydrogen-bond donors (Lipinski definition) is 2. The molecule has 7 nitrogen and oxygen atoms in total. The highest BCUT2D eigenvalue weighted by atomic mass is 79.9. The highest BCUT2D eigenvalue weighted by Gasteiger charge is 2.06. The smallest absolute Gasteiger partial charge is 0.407 e. The Morgan fingerprint density at radius 1 is 0.568 bits per heavy atom. The van der Waals surface area contributed by atoms with Crippen molar-refractivity contribution in [2.24, 2.45) is 0 Å². The molecule has 0 unspecified atom stereocenters. The van der Waals surface area contributed by atoms with Crippen LogP contribution >= 0.6 is 0 Å². The molecule has 2 N–H and O–H groups in total. The Labute approximate surface area is 280 Å². The van der Waals surface area contributed by atoms with E-state index in [2.05, 4.69) is 41.1 Å². The molecule has 1 heterocycles. The zero-order valence-electron chi connectivity index (χ0n) is 27.9. The molecule has 0 spiro atoms. The van der Waals surface area contributed by atoms with Gasteiger partial charge in [0.2, 0.25) is 0 Å². The first-order valence-electron chi connectivity index (χ1n) is 17.5. The maximum absolute atomic E-state index is 11.9. The van der Waals surface area contributed by atoms with Crippen molar-refractivity contribution in [2.45, 2.75) is 148 Å². The third-order valence-corrected chi connectivity index (χ3v) is 7.75. The molecule has 0 bridgehead atoms. The molecule has 0 atom stereocenters. The summed E-state index contributed by atoms with van der Waals surface area (Å²) in [5.74, 6) is 0. The predicted molar refractivity (Wildman–Crippen MR) is 177 cm³/mol. The van der Waals surface area contributed by atoms with Gasteiger partial charge in [-0.25, -0.2) is 14.2 Å². The molecule has 1 rings (SSSR count). The first-order chi connectivity index (χ1) is 21.1. The second-order valence-electron chi connectivity index (χ2n) is 11.9. The molecule has 0 saturated heterocycles. The monoisotopic (exact) mass is 681 g/mol. The molecule has 0 aliphatic carbocycles. The van der Waals surface area contributed by atoms with E-state index in [1.807, 2.05) is 18.2 Å². The Hall–Kier alpha value is -2.09. The van der Waals surface area contributed by atoms with E-state index in [0.717, 1.165) is 45.1 Å². The van der Waals surface area contributed by atoms with Gasteiger partial charge in [0, 0.05) is 31.6 Å². The van der Waals surface area contributed by atoms with Crippen LogP contribution in [-0.2, 0) is 16.0 Å². The highest BCUT2D eigenvalue weighted by molar-refractivity contribution is 5.68. The van der Waals surface area contributed by atoms with Gasteiger partial charge in [0.1, 0.15) is 19.8 Å². The number of aromatic nitrogens is 1. The molecule has 44 heavy (non-hydrogen) atoms. The molecule has 0 fully saturated rings. The maximum atomic E-state index is 11.9. The highest BCUT2D eigenvalue weighted by Crippen LogP contribution is 2.13. The average molecular weight is 683 g/mol. The third kappa shape index (κ3) is 28.7. The lowest BCUT2D eigenvalue weighted by Crippen LogP contribution is -3.00. The SMILES string of the molecule is C=C(COC(=O)NCCCCCCCCCCCCCCCCCC)COC(=O)NCCCCCCC[n+]1ccccc1.[Br-]. The van der Waals surface area contributed by atoms with Gasteiger partial charge in [-0.05, 0) is 24.8 Å². The topological polar surface area (TPSA) is 80.5 Å². The molecule has 1 aromatic rings. The second-order valence-corrected chi connectivity index (χ2v) is 11.9. The Morgan fingerprint density at radius 3 is 1.34 bits per heavy atom.